The Morgan fingerprint density at radius 2 is 2.04 bits per heavy atom. The van der Waals surface area contributed by atoms with Gasteiger partial charge in [0, 0.05) is 32.7 Å². The number of anilines is 1. The Kier molecular flexibility index (Phi) is 5.46. The highest BCUT2D eigenvalue weighted by molar-refractivity contribution is 5.92. The number of hydrogen-bond acceptors (Lipinski definition) is 5. The van der Waals surface area contributed by atoms with E-state index in [0.717, 1.165) is 12.8 Å². The van der Waals surface area contributed by atoms with Gasteiger partial charge in [-0.2, -0.15) is 0 Å². The molecule has 1 aliphatic rings. The van der Waals surface area contributed by atoms with Crippen LogP contribution < -0.4 is 5.73 Å². The van der Waals surface area contributed by atoms with Crippen LogP contribution in [-0.4, -0.2) is 64.6 Å². The molecule has 0 atom stereocenters. The molecule has 0 saturated carbocycles. The maximum Gasteiger partial charge on any atom is 0.360 e. The predicted octanol–water partition coefficient (Wildman–Crippen LogP) is 1.35. The number of hydrogen-bond donors (Lipinski definition) is 1. The normalized spacial score (nSPS) is 15.5. The lowest BCUT2D eigenvalue weighted by Crippen LogP contribution is -2.45. The first-order valence-electron chi connectivity index (χ1n) is 7.99. The van der Waals surface area contributed by atoms with Crippen LogP contribution in [0.2, 0.25) is 0 Å². The molecule has 8 nitrogen and oxygen atoms in total. The fraction of sp³-hybridized carbons (Fsp3) is 0.667. The molecule has 2 amide bonds. The number of urea groups is 1. The SMILES string of the molecule is CCOC(=O)c1ncn(C2CCN(C(=O)N(C)CC)CC2)c1N. The molecule has 0 unspecified atom stereocenters. The lowest BCUT2D eigenvalue weighted by molar-refractivity contribution is 0.0521. The van der Waals surface area contributed by atoms with Gasteiger partial charge in [-0.25, -0.2) is 14.6 Å². The van der Waals surface area contributed by atoms with Gasteiger partial charge in [-0.05, 0) is 26.7 Å². The molecule has 23 heavy (non-hydrogen) atoms. The van der Waals surface area contributed by atoms with Gasteiger partial charge in [0.2, 0.25) is 0 Å². The Morgan fingerprint density at radius 3 is 2.61 bits per heavy atom. The third-order valence-corrected chi connectivity index (χ3v) is 4.23. The van der Waals surface area contributed by atoms with Gasteiger partial charge in [-0.15, -0.1) is 0 Å². The first-order valence-corrected chi connectivity index (χ1v) is 7.99. The van der Waals surface area contributed by atoms with Crippen molar-refractivity contribution in [1.82, 2.24) is 19.4 Å². The van der Waals surface area contributed by atoms with Crippen LogP contribution in [0.3, 0.4) is 0 Å². The minimum Gasteiger partial charge on any atom is -0.461 e. The molecule has 8 heteroatoms. The number of piperidine rings is 1. The van der Waals surface area contributed by atoms with Gasteiger partial charge < -0.3 is 24.8 Å². The van der Waals surface area contributed by atoms with Gasteiger partial charge in [0.25, 0.3) is 0 Å². The minimum absolute atomic E-state index is 0.0526. The van der Waals surface area contributed by atoms with Gasteiger partial charge in [-0.1, -0.05) is 0 Å². The third-order valence-electron chi connectivity index (χ3n) is 4.23. The number of rotatable bonds is 4. The third kappa shape index (κ3) is 3.57. The summed E-state index contributed by atoms with van der Waals surface area (Å²) in [5, 5.41) is 0. The Bertz CT molecular complexity index is 563. The molecule has 128 valence electrons. The highest BCUT2D eigenvalue weighted by Gasteiger charge is 2.27. The number of nitrogens with zero attached hydrogens (tertiary/aromatic N) is 4. The van der Waals surface area contributed by atoms with Gasteiger partial charge in [-0.3, -0.25) is 0 Å². The quantitative estimate of drug-likeness (QED) is 0.844. The summed E-state index contributed by atoms with van der Waals surface area (Å²) in [4.78, 5) is 31.6. The van der Waals surface area contributed by atoms with E-state index in [1.165, 1.54) is 0 Å². The van der Waals surface area contributed by atoms with Crippen LogP contribution in [-0.2, 0) is 4.74 Å². The van der Waals surface area contributed by atoms with E-state index in [2.05, 4.69) is 4.98 Å². The maximum atomic E-state index is 12.2. The summed E-state index contributed by atoms with van der Waals surface area (Å²) >= 11 is 0. The molecule has 1 aliphatic heterocycles. The van der Waals surface area contributed by atoms with Crippen LogP contribution in [0.25, 0.3) is 0 Å². The lowest BCUT2D eigenvalue weighted by Gasteiger charge is -2.35. The number of ether oxygens (including phenoxy) is 1. The number of carbonyl (C=O) groups is 2. The Balaban J connectivity index is 2.01. The molecule has 2 rings (SSSR count). The maximum absolute atomic E-state index is 12.2. The number of nitrogen functional groups attached to an aromatic ring is 1. The smallest absolute Gasteiger partial charge is 0.360 e. The molecule has 2 N–H and O–H groups in total. The molecular formula is C15H25N5O3. The molecule has 1 fully saturated rings. The highest BCUT2D eigenvalue weighted by atomic mass is 16.5. The molecule has 0 aliphatic carbocycles. The van der Waals surface area contributed by atoms with Crippen LogP contribution in [0, 0.1) is 0 Å². The molecule has 0 bridgehead atoms. The van der Waals surface area contributed by atoms with E-state index >= 15 is 0 Å². The fourth-order valence-electron chi connectivity index (χ4n) is 2.73. The summed E-state index contributed by atoms with van der Waals surface area (Å²) in [6, 6.07) is 0.193. The van der Waals surface area contributed by atoms with Crippen molar-refractivity contribution in [2.45, 2.75) is 32.7 Å². The molecule has 0 aromatic carbocycles. The summed E-state index contributed by atoms with van der Waals surface area (Å²) in [7, 11) is 1.80. The van der Waals surface area contributed by atoms with E-state index < -0.39 is 5.97 Å². The molecule has 1 aromatic rings. The largest absolute Gasteiger partial charge is 0.461 e. The van der Waals surface area contributed by atoms with Crippen LogP contribution in [0.1, 0.15) is 43.2 Å². The van der Waals surface area contributed by atoms with Crippen LogP contribution in [0.15, 0.2) is 6.33 Å². The van der Waals surface area contributed by atoms with Gasteiger partial charge >= 0.3 is 12.0 Å². The van der Waals surface area contributed by atoms with Crippen molar-refractivity contribution in [3.05, 3.63) is 12.0 Å². The molecule has 1 aromatic heterocycles. The number of esters is 1. The van der Waals surface area contributed by atoms with Gasteiger partial charge in [0.15, 0.2) is 5.69 Å². The average Bonchev–Trinajstić information content (AvgIpc) is 2.95. The Morgan fingerprint density at radius 1 is 1.39 bits per heavy atom. The van der Waals surface area contributed by atoms with E-state index in [-0.39, 0.29) is 24.4 Å². The van der Waals surface area contributed by atoms with E-state index in [1.807, 2.05) is 16.4 Å². The molecule has 0 radical (unpaired) electrons. The minimum atomic E-state index is -0.499. The summed E-state index contributed by atoms with van der Waals surface area (Å²) in [5.74, 6) is -0.167. The number of carbonyl (C=O) groups excluding carboxylic acids is 2. The molecule has 2 heterocycles. The van der Waals surface area contributed by atoms with E-state index in [0.29, 0.717) is 25.5 Å². The van der Waals surface area contributed by atoms with Crippen molar-refractivity contribution < 1.29 is 14.3 Å². The monoisotopic (exact) mass is 323 g/mol. The van der Waals surface area contributed by atoms with Crippen LogP contribution >= 0.6 is 0 Å². The topological polar surface area (TPSA) is 93.7 Å². The second-order valence-corrected chi connectivity index (χ2v) is 5.62. The predicted molar refractivity (Wildman–Crippen MR) is 86.1 cm³/mol. The van der Waals surface area contributed by atoms with E-state index in [9.17, 15) is 9.59 Å². The molecular weight excluding hydrogens is 298 g/mol. The number of nitrogens with two attached hydrogens (primary N) is 1. The molecule has 1 saturated heterocycles. The zero-order valence-electron chi connectivity index (χ0n) is 14.0. The van der Waals surface area contributed by atoms with Crippen molar-refractivity contribution >= 4 is 17.8 Å². The van der Waals surface area contributed by atoms with Crippen LogP contribution in [0.4, 0.5) is 10.6 Å². The highest BCUT2D eigenvalue weighted by Crippen LogP contribution is 2.27. The second kappa shape index (κ2) is 7.34. The number of aromatic nitrogens is 2. The van der Waals surface area contributed by atoms with Crippen LogP contribution in [0.5, 0.6) is 0 Å². The van der Waals surface area contributed by atoms with Gasteiger partial charge in [0.1, 0.15) is 5.82 Å². The zero-order valence-corrected chi connectivity index (χ0v) is 14.0. The van der Waals surface area contributed by atoms with E-state index in [4.69, 9.17) is 10.5 Å². The zero-order chi connectivity index (χ0) is 17.0. The number of likely N-dealkylation sites (tertiary alicyclic amines) is 1. The van der Waals surface area contributed by atoms with Gasteiger partial charge in [0.05, 0.1) is 12.9 Å². The molecule has 0 spiro atoms. The first-order chi connectivity index (χ1) is 11.0. The number of amides is 2. The summed E-state index contributed by atoms with van der Waals surface area (Å²) in [6.45, 7) is 6.01. The lowest BCUT2D eigenvalue weighted by atomic mass is 10.1. The number of imidazole rings is 1. The summed E-state index contributed by atoms with van der Waals surface area (Å²) < 4.78 is 6.76. The Hall–Kier alpha value is -2.25. The van der Waals surface area contributed by atoms with Crippen molar-refractivity contribution in [2.24, 2.45) is 0 Å². The Labute approximate surface area is 136 Å². The summed E-state index contributed by atoms with van der Waals surface area (Å²) in [5.41, 5.74) is 6.20. The van der Waals surface area contributed by atoms with Crippen molar-refractivity contribution in [2.75, 3.05) is 39.0 Å². The second-order valence-electron chi connectivity index (χ2n) is 5.62. The van der Waals surface area contributed by atoms with Crippen molar-refractivity contribution in [3.63, 3.8) is 0 Å². The summed E-state index contributed by atoms with van der Waals surface area (Å²) in [6.07, 6.45) is 3.15. The average molecular weight is 323 g/mol. The fourth-order valence-corrected chi connectivity index (χ4v) is 2.73. The van der Waals surface area contributed by atoms with Crippen molar-refractivity contribution in [1.29, 1.82) is 0 Å². The standard InChI is InChI=1S/C15H25N5O3/c1-4-18(3)15(22)19-8-6-11(7-9-19)20-10-17-12(13(20)16)14(21)23-5-2/h10-11H,4-9,16H2,1-3H3. The first kappa shape index (κ1) is 17.1. The van der Waals surface area contributed by atoms with E-state index in [1.54, 1.807) is 25.2 Å². The van der Waals surface area contributed by atoms with Crippen molar-refractivity contribution in [3.8, 4) is 0 Å².